The SMILES string of the molecule is O=C(NC1(C(=O)O)CCCCCC1)C1C2CCCC21. The summed E-state index contributed by atoms with van der Waals surface area (Å²) in [6, 6.07) is 0. The average molecular weight is 265 g/mol. The van der Waals surface area contributed by atoms with Gasteiger partial charge in [0.15, 0.2) is 0 Å². The lowest BCUT2D eigenvalue weighted by Crippen LogP contribution is -2.55. The van der Waals surface area contributed by atoms with Crippen LogP contribution in [0, 0.1) is 17.8 Å². The van der Waals surface area contributed by atoms with Crippen molar-refractivity contribution in [2.45, 2.75) is 63.3 Å². The summed E-state index contributed by atoms with van der Waals surface area (Å²) in [5.41, 5.74) is -0.982. The summed E-state index contributed by atoms with van der Waals surface area (Å²) in [5.74, 6) is 0.397. The van der Waals surface area contributed by atoms with Crippen LogP contribution in [0.5, 0.6) is 0 Å². The van der Waals surface area contributed by atoms with Crippen LogP contribution in [0.25, 0.3) is 0 Å². The van der Waals surface area contributed by atoms with Crippen LogP contribution in [-0.4, -0.2) is 22.5 Å². The first kappa shape index (κ1) is 12.9. The minimum absolute atomic E-state index is 0.0130. The molecule has 0 radical (unpaired) electrons. The number of carbonyl (C=O) groups is 2. The number of amides is 1. The standard InChI is InChI=1S/C15H23NO3/c17-13(12-10-6-5-7-11(10)12)16-15(14(18)19)8-3-1-2-4-9-15/h10-12H,1-9H2,(H,16,17)(H,18,19). The van der Waals surface area contributed by atoms with Crippen molar-refractivity contribution < 1.29 is 14.7 Å². The second-order valence-electron chi connectivity index (χ2n) is 6.58. The summed E-state index contributed by atoms with van der Waals surface area (Å²) in [6.45, 7) is 0. The van der Waals surface area contributed by atoms with Gasteiger partial charge in [0.05, 0.1) is 0 Å². The van der Waals surface area contributed by atoms with E-state index in [0.717, 1.165) is 38.5 Å². The van der Waals surface area contributed by atoms with E-state index < -0.39 is 11.5 Å². The first-order valence-corrected chi connectivity index (χ1v) is 7.69. The monoisotopic (exact) mass is 265 g/mol. The summed E-state index contributed by atoms with van der Waals surface area (Å²) >= 11 is 0. The minimum atomic E-state index is -0.982. The molecule has 0 aromatic carbocycles. The number of carboxylic acid groups (broad SMARTS) is 1. The zero-order valence-corrected chi connectivity index (χ0v) is 11.4. The number of fused-ring (bicyclic) bond motifs is 1. The number of carboxylic acids is 1. The Labute approximate surface area is 113 Å². The fraction of sp³-hybridized carbons (Fsp3) is 0.867. The lowest BCUT2D eigenvalue weighted by atomic mass is 9.89. The van der Waals surface area contributed by atoms with E-state index in [1.807, 2.05) is 0 Å². The van der Waals surface area contributed by atoms with Crippen LogP contribution < -0.4 is 5.32 Å². The highest BCUT2D eigenvalue weighted by atomic mass is 16.4. The molecule has 0 bridgehead atoms. The normalized spacial score (nSPS) is 36.1. The maximum Gasteiger partial charge on any atom is 0.329 e. The summed E-state index contributed by atoms with van der Waals surface area (Å²) < 4.78 is 0. The summed E-state index contributed by atoms with van der Waals surface area (Å²) in [6.07, 6.45) is 8.72. The molecule has 0 aliphatic heterocycles. The second-order valence-corrected chi connectivity index (χ2v) is 6.58. The van der Waals surface area contributed by atoms with Crippen LogP contribution in [0.4, 0.5) is 0 Å². The molecule has 0 aromatic rings. The Hall–Kier alpha value is -1.06. The Balaban J connectivity index is 1.67. The van der Waals surface area contributed by atoms with E-state index >= 15 is 0 Å². The fourth-order valence-electron chi connectivity index (χ4n) is 4.25. The Kier molecular flexibility index (Phi) is 3.27. The van der Waals surface area contributed by atoms with Gasteiger partial charge in [-0.3, -0.25) is 4.79 Å². The van der Waals surface area contributed by atoms with Crippen LogP contribution in [0.15, 0.2) is 0 Å². The Morgan fingerprint density at radius 1 is 0.947 bits per heavy atom. The van der Waals surface area contributed by atoms with E-state index in [-0.39, 0.29) is 11.8 Å². The van der Waals surface area contributed by atoms with Crippen molar-refractivity contribution in [1.29, 1.82) is 0 Å². The smallest absolute Gasteiger partial charge is 0.329 e. The van der Waals surface area contributed by atoms with Gasteiger partial charge in [0.1, 0.15) is 5.54 Å². The number of hydrogen-bond donors (Lipinski definition) is 2. The van der Waals surface area contributed by atoms with Crippen LogP contribution >= 0.6 is 0 Å². The molecular formula is C15H23NO3. The highest BCUT2D eigenvalue weighted by molar-refractivity contribution is 5.89. The number of hydrogen-bond acceptors (Lipinski definition) is 2. The fourth-order valence-corrected chi connectivity index (χ4v) is 4.25. The lowest BCUT2D eigenvalue weighted by Gasteiger charge is -2.29. The molecule has 106 valence electrons. The van der Waals surface area contributed by atoms with Gasteiger partial charge < -0.3 is 10.4 Å². The Morgan fingerprint density at radius 3 is 2.05 bits per heavy atom. The molecular weight excluding hydrogens is 242 g/mol. The summed E-state index contributed by atoms with van der Waals surface area (Å²) in [4.78, 5) is 24.0. The molecule has 0 heterocycles. The molecule has 4 nitrogen and oxygen atoms in total. The van der Waals surface area contributed by atoms with Crippen molar-refractivity contribution in [3.8, 4) is 0 Å². The predicted molar refractivity (Wildman–Crippen MR) is 70.5 cm³/mol. The van der Waals surface area contributed by atoms with Crippen molar-refractivity contribution in [3.05, 3.63) is 0 Å². The number of rotatable bonds is 3. The zero-order chi connectivity index (χ0) is 13.5. The Bertz CT molecular complexity index is 375. The van der Waals surface area contributed by atoms with Crippen LogP contribution in [0.1, 0.15) is 57.8 Å². The highest BCUT2D eigenvalue weighted by Crippen LogP contribution is 2.57. The first-order valence-electron chi connectivity index (χ1n) is 7.69. The zero-order valence-electron chi connectivity index (χ0n) is 11.4. The van der Waals surface area contributed by atoms with Gasteiger partial charge in [-0.15, -0.1) is 0 Å². The van der Waals surface area contributed by atoms with Crippen LogP contribution in [-0.2, 0) is 9.59 Å². The molecule has 2 N–H and O–H groups in total. The van der Waals surface area contributed by atoms with E-state index in [2.05, 4.69) is 5.32 Å². The molecule has 2 atom stereocenters. The van der Waals surface area contributed by atoms with Gasteiger partial charge in [-0.2, -0.15) is 0 Å². The summed E-state index contributed by atoms with van der Waals surface area (Å²) in [5, 5.41) is 12.5. The molecule has 3 aliphatic carbocycles. The van der Waals surface area contributed by atoms with E-state index in [9.17, 15) is 14.7 Å². The van der Waals surface area contributed by atoms with Gasteiger partial charge in [0.25, 0.3) is 0 Å². The largest absolute Gasteiger partial charge is 0.480 e. The number of carbonyl (C=O) groups excluding carboxylic acids is 1. The van der Waals surface area contributed by atoms with Crippen molar-refractivity contribution in [2.24, 2.45) is 17.8 Å². The van der Waals surface area contributed by atoms with Crippen molar-refractivity contribution in [3.63, 3.8) is 0 Å². The van der Waals surface area contributed by atoms with Crippen molar-refractivity contribution in [2.75, 3.05) is 0 Å². The molecule has 0 aromatic heterocycles. The predicted octanol–water partition coefficient (Wildman–Crippen LogP) is 2.33. The van der Waals surface area contributed by atoms with Gasteiger partial charge in [0.2, 0.25) is 5.91 Å². The van der Waals surface area contributed by atoms with E-state index in [1.165, 1.54) is 6.42 Å². The third-order valence-electron chi connectivity index (χ3n) is 5.44. The van der Waals surface area contributed by atoms with E-state index in [0.29, 0.717) is 24.7 Å². The second kappa shape index (κ2) is 4.80. The van der Waals surface area contributed by atoms with Crippen LogP contribution in [0.3, 0.4) is 0 Å². The molecule has 3 aliphatic rings. The van der Waals surface area contributed by atoms with Crippen molar-refractivity contribution >= 4 is 11.9 Å². The third kappa shape index (κ3) is 2.26. The maximum absolute atomic E-state index is 12.3. The van der Waals surface area contributed by atoms with Gasteiger partial charge in [0, 0.05) is 5.92 Å². The molecule has 3 rings (SSSR count). The molecule has 4 heteroatoms. The van der Waals surface area contributed by atoms with Gasteiger partial charge >= 0.3 is 5.97 Å². The molecule has 2 unspecified atom stereocenters. The maximum atomic E-state index is 12.3. The van der Waals surface area contributed by atoms with Gasteiger partial charge in [-0.1, -0.05) is 32.1 Å². The quantitative estimate of drug-likeness (QED) is 0.770. The highest BCUT2D eigenvalue weighted by Gasteiger charge is 2.57. The first-order chi connectivity index (χ1) is 9.14. The Morgan fingerprint density at radius 2 is 1.53 bits per heavy atom. The van der Waals surface area contributed by atoms with Crippen molar-refractivity contribution in [1.82, 2.24) is 5.32 Å². The van der Waals surface area contributed by atoms with E-state index in [4.69, 9.17) is 0 Å². The molecule has 3 saturated carbocycles. The lowest BCUT2D eigenvalue weighted by molar-refractivity contribution is -0.148. The van der Waals surface area contributed by atoms with Gasteiger partial charge in [-0.05, 0) is 37.5 Å². The molecule has 1 amide bonds. The number of aliphatic carboxylic acids is 1. The third-order valence-corrected chi connectivity index (χ3v) is 5.44. The summed E-state index contributed by atoms with van der Waals surface area (Å²) in [7, 11) is 0. The molecule has 0 saturated heterocycles. The molecule has 19 heavy (non-hydrogen) atoms. The molecule has 3 fully saturated rings. The van der Waals surface area contributed by atoms with E-state index in [1.54, 1.807) is 0 Å². The van der Waals surface area contributed by atoms with Gasteiger partial charge in [-0.25, -0.2) is 4.79 Å². The van der Waals surface area contributed by atoms with Crippen LogP contribution in [0.2, 0.25) is 0 Å². The number of nitrogens with one attached hydrogen (secondary N) is 1. The average Bonchev–Trinajstić information content (AvgIpc) is 2.97. The topological polar surface area (TPSA) is 66.4 Å². The molecule has 0 spiro atoms. The minimum Gasteiger partial charge on any atom is -0.480 e.